The molecule has 0 aromatic carbocycles. The van der Waals surface area contributed by atoms with Gasteiger partial charge in [-0.05, 0) is 0 Å². The van der Waals surface area contributed by atoms with Crippen LogP contribution in [0.3, 0.4) is 0 Å². The third kappa shape index (κ3) is 3.94. The van der Waals surface area contributed by atoms with Crippen LogP contribution in [0.2, 0.25) is 5.15 Å². The maximum Gasteiger partial charge on any atom is 0.156 e. The molecule has 6 nitrogen and oxygen atoms in total. The van der Waals surface area contributed by atoms with E-state index in [9.17, 15) is 13.2 Å². The minimum atomic E-state index is -3.05. The molecule has 0 fully saturated rings. The summed E-state index contributed by atoms with van der Waals surface area (Å²) in [6.45, 7) is 1.75. The van der Waals surface area contributed by atoms with Crippen LogP contribution >= 0.6 is 11.6 Å². The third-order valence-electron chi connectivity index (χ3n) is 2.10. The number of halogens is 1. The summed E-state index contributed by atoms with van der Waals surface area (Å²) in [5.74, 6) is 0.301. The Labute approximate surface area is 104 Å². The van der Waals surface area contributed by atoms with Gasteiger partial charge in [-0.1, -0.05) is 18.5 Å². The first-order valence-electron chi connectivity index (χ1n) is 4.90. The van der Waals surface area contributed by atoms with Crippen molar-refractivity contribution in [3.8, 4) is 0 Å². The van der Waals surface area contributed by atoms with E-state index in [0.717, 1.165) is 0 Å². The van der Waals surface area contributed by atoms with Crippen LogP contribution in [-0.4, -0.2) is 42.7 Å². The summed E-state index contributed by atoms with van der Waals surface area (Å²) in [7, 11) is -3.05. The maximum absolute atomic E-state index is 11.2. The molecular weight excluding hydrogens is 266 g/mol. The highest BCUT2D eigenvalue weighted by molar-refractivity contribution is 7.91. The molecule has 94 valence electrons. The molecule has 0 amide bonds. The van der Waals surface area contributed by atoms with E-state index in [1.54, 1.807) is 6.92 Å². The fraction of sp³-hybridized carbons (Fsp3) is 0.444. The number of aldehydes is 1. The van der Waals surface area contributed by atoms with E-state index in [1.807, 2.05) is 0 Å². The third-order valence-corrected chi connectivity index (χ3v) is 4.11. The normalized spacial score (nSPS) is 11.2. The van der Waals surface area contributed by atoms with Gasteiger partial charge in [0.15, 0.2) is 16.1 Å². The summed E-state index contributed by atoms with van der Waals surface area (Å²) in [5, 5.41) is 2.79. The number of rotatable bonds is 6. The Hall–Kier alpha value is -1.21. The Balaban J connectivity index is 2.70. The molecular formula is C9H12ClN3O3S. The van der Waals surface area contributed by atoms with Crippen LogP contribution in [0, 0.1) is 0 Å². The van der Waals surface area contributed by atoms with Crippen molar-refractivity contribution in [1.29, 1.82) is 0 Å². The van der Waals surface area contributed by atoms with Gasteiger partial charge in [0.25, 0.3) is 0 Å². The lowest BCUT2D eigenvalue weighted by molar-refractivity contribution is 0.112. The molecule has 0 unspecified atom stereocenters. The quantitative estimate of drug-likeness (QED) is 0.611. The second kappa shape index (κ2) is 5.92. The second-order valence-corrected chi connectivity index (χ2v) is 6.04. The number of sulfone groups is 1. The van der Waals surface area contributed by atoms with Gasteiger partial charge in [-0.3, -0.25) is 4.79 Å². The van der Waals surface area contributed by atoms with Crippen LogP contribution in [-0.2, 0) is 9.84 Å². The summed E-state index contributed by atoms with van der Waals surface area (Å²) in [5.41, 5.74) is 0.128. The monoisotopic (exact) mass is 277 g/mol. The summed E-state index contributed by atoms with van der Waals surface area (Å²) in [6, 6.07) is 0. The number of hydrogen-bond acceptors (Lipinski definition) is 6. The average Bonchev–Trinajstić information content (AvgIpc) is 2.29. The van der Waals surface area contributed by atoms with E-state index in [1.165, 1.54) is 6.33 Å². The number of nitrogens with zero attached hydrogens (tertiary/aromatic N) is 2. The summed E-state index contributed by atoms with van der Waals surface area (Å²) < 4.78 is 22.5. The van der Waals surface area contributed by atoms with Crippen molar-refractivity contribution in [3.05, 3.63) is 17.0 Å². The molecule has 1 N–H and O–H groups in total. The number of carbonyl (C=O) groups excluding carboxylic acids is 1. The standard InChI is InChI=1S/C9H12ClN3O3S/c1-2-17(15,16)4-3-11-9-7(5-14)8(10)12-6-13-9/h5-6H,2-4H2,1H3,(H,11,12,13). The molecule has 0 aliphatic heterocycles. The van der Waals surface area contributed by atoms with Crippen LogP contribution < -0.4 is 5.32 Å². The van der Waals surface area contributed by atoms with Crippen molar-refractivity contribution in [3.63, 3.8) is 0 Å². The number of anilines is 1. The van der Waals surface area contributed by atoms with E-state index < -0.39 is 9.84 Å². The molecule has 0 saturated carbocycles. The smallest absolute Gasteiger partial charge is 0.156 e. The molecule has 0 aliphatic carbocycles. The Morgan fingerprint density at radius 3 is 2.76 bits per heavy atom. The highest BCUT2D eigenvalue weighted by Gasteiger charge is 2.10. The molecule has 0 bridgehead atoms. The number of hydrogen-bond donors (Lipinski definition) is 1. The van der Waals surface area contributed by atoms with E-state index in [2.05, 4.69) is 15.3 Å². The van der Waals surface area contributed by atoms with Gasteiger partial charge in [0.1, 0.15) is 17.3 Å². The highest BCUT2D eigenvalue weighted by Crippen LogP contribution is 2.16. The lowest BCUT2D eigenvalue weighted by Gasteiger charge is -2.07. The molecule has 1 heterocycles. The van der Waals surface area contributed by atoms with Gasteiger partial charge in [0.05, 0.1) is 11.3 Å². The molecule has 8 heteroatoms. The Morgan fingerprint density at radius 2 is 2.18 bits per heavy atom. The fourth-order valence-corrected chi connectivity index (χ4v) is 1.97. The Morgan fingerprint density at radius 1 is 1.47 bits per heavy atom. The first kappa shape index (κ1) is 13.9. The van der Waals surface area contributed by atoms with Crippen LogP contribution in [0.25, 0.3) is 0 Å². The van der Waals surface area contributed by atoms with Gasteiger partial charge in [-0.15, -0.1) is 0 Å². The number of carbonyl (C=O) groups is 1. The molecule has 1 aromatic heterocycles. The number of aromatic nitrogens is 2. The van der Waals surface area contributed by atoms with Gasteiger partial charge in [-0.25, -0.2) is 18.4 Å². The summed E-state index contributed by atoms with van der Waals surface area (Å²) in [4.78, 5) is 18.2. The van der Waals surface area contributed by atoms with Crippen molar-refractivity contribution >= 4 is 33.5 Å². The topological polar surface area (TPSA) is 89.0 Å². The predicted molar refractivity (Wildman–Crippen MR) is 65.2 cm³/mol. The second-order valence-electron chi connectivity index (χ2n) is 3.21. The zero-order valence-corrected chi connectivity index (χ0v) is 10.8. The lowest BCUT2D eigenvalue weighted by Crippen LogP contribution is -2.18. The van der Waals surface area contributed by atoms with Crippen molar-refractivity contribution in [2.75, 3.05) is 23.4 Å². The van der Waals surface area contributed by atoms with Gasteiger partial charge in [-0.2, -0.15) is 0 Å². The van der Waals surface area contributed by atoms with E-state index in [4.69, 9.17) is 11.6 Å². The minimum Gasteiger partial charge on any atom is -0.368 e. The van der Waals surface area contributed by atoms with E-state index >= 15 is 0 Å². The van der Waals surface area contributed by atoms with Crippen molar-refractivity contribution in [2.45, 2.75) is 6.92 Å². The molecule has 0 saturated heterocycles. The van der Waals surface area contributed by atoms with Crippen molar-refractivity contribution in [1.82, 2.24) is 9.97 Å². The maximum atomic E-state index is 11.2. The molecule has 0 radical (unpaired) electrons. The molecule has 0 aliphatic rings. The van der Waals surface area contributed by atoms with E-state index in [-0.39, 0.29) is 34.6 Å². The predicted octanol–water partition coefficient (Wildman–Crippen LogP) is 0.789. The average molecular weight is 278 g/mol. The first-order chi connectivity index (χ1) is 8.00. The first-order valence-corrected chi connectivity index (χ1v) is 7.10. The zero-order chi connectivity index (χ0) is 12.9. The molecule has 1 aromatic rings. The molecule has 0 spiro atoms. The van der Waals surface area contributed by atoms with Crippen LogP contribution in [0.1, 0.15) is 17.3 Å². The minimum absolute atomic E-state index is 0.0244. The largest absolute Gasteiger partial charge is 0.368 e. The Bertz CT molecular complexity index is 504. The molecule has 0 atom stereocenters. The summed E-state index contributed by atoms with van der Waals surface area (Å²) >= 11 is 5.69. The molecule has 1 rings (SSSR count). The van der Waals surface area contributed by atoms with Gasteiger partial charge >= 0.3 is 0 Å². The SMILES string of the molecule is CCS(=O)(=O)CCNc1ncnc(Cl)c1C=O. The van der Waals surface area contributed by atoms with Gasteiger partial charge in [0, 0.05) is 12.3 Å². The van der Waals surface area contributed by atoms with Crippen molar-refractivity contribution < 1.29 is 13.2 Å². The number of nitrogens with one attached hydrogen (secondary N) is 1. The van der Waals surface area contributed by atoms with Crippen molar-refractivity contribution in [2.24, 2.45) is 0 Å². The lowest BCUT2D eigenvalue weighted by atomic mass is 10.3. The fourth-order valence-electron chi connectivity index (χ4n) is 1.09. The van der Waals surface area contributed by atoms with E-state index in [0.29, 0.717) is 6.29 Å². The molecule has 17 heavy (non-hydrogen) atoms. The zero-order valence-electron chi connectivity index (χ0n) is 9.18. The van der Waals surface area contributed by atoms with Crippen LogP contribution in [0.5, 0.6) is 0 Å². The summed E-state index contributed by atoms with van der Waals surface area (Å²) in [6.07, 6.45) is 1.73. The highest BCUT2D eigenvalue weighted by atomic mass is 35.5. The van der Waals surface area contributed by atoms with Gasteiger partial charge < -0.3 is 5.32 Å². The Kier molecular flexibility index (Phi) is 4.83. The van der Waals surface area contributed by atoms with Crippen LogP contribution in [0.4, 0.5) is 5.82 Å². The van der Waals surface area contributed by atoms with Gasteiger partial charge in [0.2, 0.25) is 0 Å². The van der Waals surface area contributed by atoms with Crippen LogP contribution in [0.15, 0.2) is 6.33 Å².